The smallest absolute Gasteiger partial charge is 0.226 e. The minimum atomic E-state index is -0.153. The van der Waals surface area contributed by atoms with Crippen molar-refractivity contribution in [3.63, 3.8) is 0 Å². The molecule has 0 aliphatic carbocycles. The van der Waals surface area contributed by atoms with Crippen LogP contribution in [0.25, 0.3) is 11.4 Å². The molecule has 6 nitrogen and oxygen atoms in total. The zero-order chi connectivity index (χ0) is 17.8. The highest BCUT2D eigenvalue weighted by Crippen LogP contribution is 2.26. The highest BCUT2D eigenvalue weighted by atomic mass is 16.5. The number of aromatic nitrogens is 3. The van der Waals surface area contributed by atoms with Gasteiger partial charge >= 0.3 is 0 Å². The topological polar surface area (TPSA) is 79.9 Å². The van der Waals surface area contributed by atoms with Gasteiger partial charge in [-0.05, 0) is 18.1 Å². The molecule has 0 radical (unpaired) electrons. The third-order valence-electron chi connectivity index (χ3n) is 4.47. The van der Waals surface area contributed by atoms with Crippen molar-refractivity contribution >= 4 is 5.91 Å². The van der Waals surface area contributed by atoms with Gasteiger partial charge in [-0.2, -0.15) is 5.10 Å². The van der Waals surface area contributed by atoms with Gasteiger partial charge in [0.05, 0.1) is 5.92 Å². The van der Waals surface area contributed by atoms with Crippen molar-refractivity contribution in [2.45, 2.75) is 12.8 Å². The summed E-state index contributed by atoms with van der Waals surface area (Å²) in [4.78, 5) is 16.9. The second-order valence-corrected chi connectivity index (χ2v) is 6.33. The van der Waals surface area contributed by atoms with E-state index in [1.165, 1.54) is 0 Å². The Kier molecular flexibility index (Phi) is 4.64. The van der Waals surface area contributed by atoms with Crippen LogP contribution >= 0.6 is 0 Å². The molecule has 2 aromatic carbocycles. The van der Waals surface area contributed by atoms with E-state index in [2.05, 4.69) is 20.5 Å². The van der Waals surface area contributed by atoms with Crippen molar-refractivity contribution in [3.05, 3.63) is 66.0 Å². The van der Waals surface area contributed by atoms with Gasteiger partial charge in [0.25, 0.3) is 0 Å². The van der Waals surface area contributed by atoms with Crippen LogP contribution in [0.3, 0.4) is 0 Å². The summed E-state index contributed by atoms with van der Waals surface area (Å²) in [6.07, 6.45) is 1.32. The summed E-state index contributed by atoms with van der Waals surface area (Å²) >= 11 is 0. The van der Waals surface area contributed by atoms with Crippen LogP contribution in [0.4, 0.5) is 0 Å². The lowest BCUT2D eigenvalue weighted by Crippen LogP contribution is -2.38. The lowest BCUT2D eigenvalue weighted by molar-refractivity contribution is -0.126. The molecule has 132 valence electrons. The number of fused-ring (bicyclic) bond motifs is 1. The first-order chi connectivity index (χ1) is 12.8. The zero-order valence-corrected chi connectivity index (χ0v) is 14.3. The standard InChI is InChI=1S/C20H20N4O2/c25-20(16-12-15-8-4-5-9-17(15)26-13-16)21-11-10-18-22-19(24-23-18)14-6-2-1-3-7-14/h1-9,16H,10-13H2,(H,21,25)(H,22,23,24)/t16-/m0/s1. The van der Waals surface area contributed by atoms with Crippen molar-refractivity contribution in [2.75, 3.05) is 13.2 Å². The van der Waals surface area contributed by atoms with Crippen LogP contribution in [-0.4, -0.2) is 34.2 Å². The molecular weight excluding hydrogens is 328 g/mol. The molecular formula is C20H20N4O2. The van der Waals surface area contributed by atoms with E-state index in [4.69, 9.17) is 4.74 Å². The van der Waals surface area contributed by atoms with Gasteiger partial charge in [-0.3, -0.25) is 9.89 Å². The number of carbonyl (C=O) groups is 1. The predicted molar refractivity (Wildman–Crippen MR) is 97.7 cm³/mol. The molecule has 3 aromatic rings. The van der Waals surface area contributed by atoms with Crippen LogP contribution in [-0.2, 0) is 17.6 Å². The number of amides is 1. The molecule has 1 aliphatic heterocycles. The molecule has 1 aromatic heterocycles. The fourth-order valence-corrected chi connectivity index (χ4v) is 3.07. The molecule has 1 atom stereocenters. The van der Waals surface area contributed by atoms with E-state index in [1.54, 1.807) is 0 Å². The minimum absolute atomic E-state index is 0.0160. The van der Waals surface area contributed by atoms with Crippen LogP contribution < -0.4 is 10.1 Å². The molecule has 2 heterocycles. The number of hydrogen-bond donors (Lipinski definition) is 2. The summed E-state index contributed by atoms with van der Waals surface area (Å²) in [5.41, 5.74) is 2.05. The third-order valence-corrected chi connectivity index (χ3v) is 4.47. The lowest BCUT2D eigenvalue weighted by atomic mass is 9.96. The van der Waals surface area contributed by atoms with E-state index in [0.717, 1.165) is 22.7 Å². The van der Waals surface area contributed by atoms with Crippen LogP contribution in [0.5, 0.6) is 5.75 Å². The van der Waals surface area contributed by atoms with Crippen molar-refractivity contribution in [1.29, 1.82) is 0 Å². The Labute approximate surface area is 151 Å². The predicted octanol–water partition coefficient (Wildman–Crippen LogP) is 2.38. The Balaban J connectivity index is 1.29. The number of nitrogens with one attached hydrogen (secondary N) is 2. The van der Waals surface area contributed by atoms with Gasteiger partial charge in [0.2, 0.25) is 5.91 Å². The van der Waals surface area contributed by atoms with Gasteiger partial charge < -0.3 is 10.1 Å². The number of aromatic amines is 1. The second kappa shape index (κ2) is 7.39. The van der Waals surface area contributed by atoms with E-state index in [0.29, 0.717) is 31.8 Å². The average molecular weight is 348 g/mol. The Morgan fingerprint density at radius 2 is 1.96 bits per heavy atom. The third kappa shape index (κ3) is 3.59. The maximum absolute atomic E-state index is 12.4. The van der Waals surface area contributed by atoms with Crippen molar-refractivity contribution in [1.82, 2.24) is 20.5 Å². The molecule has 6 heteroatoms. The first-order valence-corrected chi connectivity index (χ1v) is 8.75. The number of hydrogen-bond acceptors (Lipinski definition) is 4. The monoisotopic (exact) mass is 348 g/mol. The van der Waals surface area contributed by atoms with Gasteiger partial charge in [0.15, 0.2) is 5.82 Å². The summed E-state index contributed by atoms with van der Waals surface area (Å²) in [6, 6.07) is 17.7. The van der Waals surface area contributed by atoms with E-state index in [1.807, 2.05) is 54.6 Å². The molecule has 0 saturated heterocycles. The van der Waals surface area contributed by atoms with Crippen molar-refractivity contribution in [2.24, 2.45) is 5.92 Å². The molecule has 0 spiro atoms. The van der Waals surface area contributed by atoms with Crippen LogP contribution in [0.1, 0.15) is 11.4 Å². The van der Waals surface area contributed by atoms with E-state index in [9.17, 15) is 4.79 Å². The SMILES string of the molecule is O=C(NCCc1nc(-c2ccccc2)n[nH]1)[C@@H]1COc2ccccc2C1. The van der Waals surface area contributed by atoms with Crippen LogP contribution in [0, 0.1) is 5.92 Å². The van der Waals surface area contributed by atoms with Gasteiger partial charge in [0, 0.05) is 18.5 Å². The summed E-state index contributed by atoms with van der Waals surface area (Å²) in [7, 11) is 0. The number of nitrogens with zero attached hydrogens (tertiary/aromatic N) is 2. The first-order valence-electron chi connectivity index (χ1n) is 8.75. The van der Waals surface area contributed by atoms with E-state index < -0.39 is 0 Å². The zero-order valence-electron chi connectivity index (χ0n) is 14.3. The summed E-state index contributed by atoms with van der Waals surface area (Å²) < 4.78 is 5.68. The highest BCUT2D eigenvalue weighted by Gasteiger charge is 2.25. The molecule has 0 unspecified atom stereocenters. The van der Waals surface area contributed by atoms with Gasteiger partial charge in [-0.25, -0.2) is 4.98 Å². The molecule has 0 bridgehead atoms. The fourth-order valence-electron chi connectivity index (χ4n) is 3.07. The highest BCUT2D eigenvalue weighted by molar-refractivity contribution is 5.79. The summed E-state index contributed by atoms with van der Waals surface area (Å²) in [6.45, 7) is 0.934. The second-order valence-electron chi connectivity index (χ2n) is 6.33. The number of ether oxygens (including phenoxy) is 1. The molecule has 0 saturated carbocycles. The van der Waals surface area contributed by atoms with E-state index >= 15 is 0 Å². The van der Waals surface area contributed by atoms with Crippen LogP contribution in [0.15, 0.2) is 54.6 Å². The van der Waals surface area contributed by atoms with Gasteiger partial charge in [0.1, 0.15) is 18.2 Å². The van der Waals surface area contributed by atoms with Crippen LogP contribution in [0.2, 0.25) is 0 Å². The molecule has 1 aliphatic rings. The van der Waals surface area contributed by atoms with Crippen molar-refractivity contribution in [3.8, 4) is 17.1 Å². The molecule has 1 amide bonds. The largest absolute Gasteiger partial charge is 0.492 e. The first kappa shape index (κ1) is 16.3. The number of carbonyl (C=O) groups excluding carboxylic acids is 1. The average Bonchev–Trinajstić information content (AvgIpc) is 3.17. The number of benzene rings is 2. The Morgan fingerprint density at radius 3 is 2.85 bits per heavy atom. The summed E-state index contributed by atoms with van der Waals surface area (Å²) in [5, 5.41) is 10.1. The van der Waals surface area contributed by atoms with Gasteiger partial charge in [-0.1, -0.05) is 48.5 Å². The Bertz CT molecular complexity index is 892. The number of para-hydroxylation sites is 1. The molecule has 2 N–H and O–H groups in total. The number of rotatable bonds is 5. The maximum Gasteiger partial charge on any atom is 0.226 e. The fraction of sp³-hybridized carbons (Fsp3) is 0.250. The normalized spacial score (nSPS) is 15.8. The number of H-pyrrole nitrogens is 1. The van der Waals surface area contributed by atoms with E-state index in [-0.39, 0.29) is 11.8 Å². The Morgan fingerprint density at radius 1 is 1.15 bits per heavy atom. The molecule has 0 fully saturated rings. The quantitative estimate of drug-likeness (QED) is 0.742. The minimum Gasteiger partial charge on any atom is -0.492 e. The molecule has 4 rings (SSSR count). The van der Waals surface area contributed by atoms with Gasteiger partial charge in [-0.15, -0.1) is 0 Å². The molecule has 26 heavy (non-hydrogen) atoms. The Hall–Kier alpha value is -3.15. The lowest BCUT2D eigenvalue weighted by Gasteiger charge is -2.24. The maximum atomic E-state index is 12.4. The summed E-state index contributed by atoms with van der Waals surface area (Å²) in [5.74, 6) is 2.17. The van der Waals surface area contributed by atoms with Crippen molar-refractivity contribution < 1.29 is 9.53 Å².